The maximum atomic E-state index is 12.3. The van der Waals surface area contributed by atoms with Crippen molar-refractivity contribution >= 4 is 0 Å². The van der Waals surface area contributed by atoms with Crippen LogP contribution in [0.25, 0.3) is 11.1 Å². The Labute approximate surface area is 512 Å². The van der Waals surface area contributed by atoms with Crippen molar-refractivity contribution in [3.05, 3.63) is 239 Å². The molecule has 7 aromatic rings. The van der Waals surface area contributed by atoms with Crippen LogP contribution in [0.1, 0.15) is 109 Å². The zero-order valence-electron chi connectivity index (χ0n) is 49.8. The summed E-state index contributed by atoms with van der Waals surface area (Å²) in [5, 5.41) is 6.33. The van der Waals surface area contributed by atoms with Gasteiger partial charge in [0.1, 0.15) is 11.6 Å². The van der Waals surface area contributed by atoms with Gasteiger partial charge >= 0.3 is 18.7 Å². The van der Waals surface area contributed by atoms with Crippen molar-refractivity contribution < 1.29 is 48.6 Å². The Morgan fingerprint density at radius 3 is 1.14 bits per heavy atom. The lowest BCUT2D eigenvalue weighted by Crippen LogP contribution is -2.22. The largest absolute Gasteiger partial charge is 0.573 e. The van der Waals surface area contributed by atoms with Crippen LogP contribution < -0.4 is 49.8 Å². The Kier molecular flexibility index (Phi) is 36.6. The fraction of sp³-hybridized carbons (Fsp3) is 0.368. The fourth-order valence-electron chi connectivity index (χ4n) is 9.12. The molecule has 14 N–H and O–H groups in total. The lowest BCUT2D eigenvalue weighted by molar-refractivity contribution is -0.274. The first-order valence-corrected chi connectivity index (χ1v) is 29.4. The Hall–Kier alpha value is -7.01. The number of nitrogens with one attached hydrogen (secondary N) is 2. The molecule has 2 aliphatic carbocycles. The molecule has 0 atom stereocenters. The number of hydrogen-bond acceptors (Lipinski definition) is 10. The minimum absolute atomic E-state index is 0.0686. The first kappa shape index (κ1) is 75.2. The van der Waals surface area contributed by atoms with E-state index in [2.05, 4.69) is 68.9 Å². The fourth-order valence-corrected chi connectivity index (χ4v) is 9.12. The van der Waals surface area contributed by atoms with E-state index in [-0.39, 0.29) is 29.7 Å². The standard InChI is InChI=1S/C13H13N.C10H18.C9H7F6N.C8H8F3NO.C7H8FN.C7H9N.C6H8N2.C4H9N.C4H7N/c14-10-11-6-8-13(9-7-11)12-4-2-1-3-5-12;1-2-6-10-8-4-3-7-9(10)5-1;10-8(11,12)6-1-5(4-16)2-7(3-6)9(13,14)15;9-8(10,11)13-7-3-1-6(5-12)2-4-7;8-7-3-1-2-6(4-7)5-9;8-6-7-4-2-1-3-5-7;7-5-6-1-3-8-4-2-6;2*1-2-4-5-3-1/h1-9H,10,14H2;9-10H,1-8H2;1-3H,4,16H2;1-4H,5,12H2;1-4H,5,9H2;1-5H,6,8H2;1-4H,5,7H2;5H,1-4H2;1-2,5H,3-4H2. The number of aromatic nitrogens is 1. The molecule has 2 aliphatic heterocycles. The van der Waals surface area contributed by atoms with Crippen LogP contribution in [0.3, 0.4) is 0 Å². The number of nitrogens with two attached hydrogens (primary N) is 6. The summed E-state index contributed by atoms with van der Waals surface area (Å²) in [5.41, 5.74) is 36.4. The molecule has 11 rings (SSSR count). The second-order valence-electron chi connectivity index (χ2n) is 20.5. The summed E-state index contributed by atoms with van der Waals surface area (Å²) in [4.78, 5) is 3.84. The third-order valence-corrected chi connectivity index (χ3v) is 13.9. The van der Waals surface area contributed by atoms with Gasteiger partial charge in [0.15, 0.2) is 0 Å². The van der Waals surface area contributed by atoms with Crippen LogP contribution >= 0.6 is 0 Å². The van der Waals surface area contributed by atoms with E-state index in [9.17, 15) is 43.9 Å². The topological polar surface area (TPSA) is 202 Å². The molecular formula is C68H87F10N9O. The van der Waals surface area contributed by atoms with Crippen molar-refractivity contribution in [1.29, 1.82) is 0 Å². The van der Waals surface area contributed by atoms with Gasteiger partial charge in [-0.2, -0.15) is 26.3 Å². The van der Waals surface area contributed by atoms with Gasteiger partial charge in [-0.05, 0) is 137 Å². The maximum absolute atomic E-state index is 12.3. The molecule has 20 heteroatoms. The smallest absolute Gasteiger partial charge is 0.406 e. The molecule has 0 bridgehead atoms. The van der Waals surface area contributed by atoms with E-state index >= 15 is 0 Å². The van der Waals surface area contributed by atoms with Crippen molar-refractivity contribution in [3.8, 4) is 16.9 Å². The van der Waals surface area contributed by atoms with Gasteiger partial charge in [0.05, 0.1) is 11.1 Å². The monoisotopic (exact) mass is 1240 g/mol. The van der Waals surface area contributed by atoms with Crippen molar-refractivity contribution in [3.63, 3.8) is 0 Å². The van der Waals surface area contributed by atoms with E-state index in [0.29, 0.717) is 44.9 Å². The number of hydrogen-bond donors (Lipinski definition) is 8. The van der Waals surface area contributed by atoms with Crippen molar-refractivity contribution in [2.24, 2.45) is 46.2 Å². The summed E-state index contributed by atoms with van der Waals surface area (Å²) in [6.07, 6.45) is 8.60. The predicted molar refractivity (Wildman–Crippen MR) is 334 cm³/mol. The van der Waals surface area contributed by atoms with Gasteiger partial charge in [-0.15, -0.1) is 13.2 Å². The average molecular weight is 1240 g/mol. The van der Waals surface area contributed by atoms with Crippen LogP contribution in [-0.4, -0.2) is 37.5 Å². The molecule has 3 fully saturated rings. The van der Waals surface area contributed by atoms with E-state index in [1.807, 2.05) is 60.7 Å². The molecule has 1 aromatic heterocycles. The van der Waals surface area contributed by atoms with Crippen molar-refractivity contribution in [1.82, 2.24) is 15.6 Å². The van der Waals surface area contributed by atoms with Crippen molar-refractivity contribution in [2.75, 3.05) is 26.2 Å². The summed E-state index contributed by atoms with van der Waals surface area (Å²) >= 11 is 0. The summed E-state index contributed by atoms with van der Waals surface area (Å²) in [6, 6.07) is 45.5. The van der Waals surface area contributed by atoms with E-state index in [1.54, 1.807) is 50.2 Å². The highest BCUT2D eigenvalue weighted by Crippen LogP contribution is 2.40. The second kappa shape index (κ2) is 42.8. The van der Waals surface area contributed by atoms with Crippen LogP contribution in [0, 0.1) is 17.7 Å². The summed E-state index contributed by atoms with van der Waals surface area (Å²) in [5.74, 6) is 1.85. The quantitative estimate of drug-likeness (QED) is 0.0534. The Morgan fingerprint density at radius 1 is 0.398 bits per heavy atom. The van der Waals surface area contributed by atoms with Gasteiger partial charge in [-0.3, -0.25) is 4.98 Å². The number of benzene rings is 6. The number of ether oxygens (including phenoxy) is 1. The number of alkyl halides is 9. The SMILES string of the molecule is C1=CCNC1.C1CCC2CCCCC2C1.C1CCNC1.NCc1cc(C(F)(F)F)cc(C(F)(F)F)c1.NCc1ccc(-c2ccccc2)cc1.NCc1ccc(OC(F)(F)F)cc1.NCc1cccc(F)c1.NCc1ccccc1.NCc1ccncc1. The summed E-state index contributed by atoms with van der Waals surface area (Å²) in [6.45, 7) is 6.80. The van der Waals surface area contributed by atoms with Gasteiger partial charge in [-0.25, -0.2) is 4.39 Å². The molecule has 0 radical (unpaired) electrons. The average Bonchev–Trinajstić information content (AvgIpc) is 2.01. The number of pyridine rings is 1. The van der Waals surface area contributed by atoms with E-state index in [1.165, 1.54) is 110 Å². The molecule has 6 aromatic carbocycles. The lowest BCUT2D eigenvalue weighted by Gasteiger charge is -2.35. The van der Waals surface area contributed by atoms with Gasteiger partial charge in [-0.1, -0.05) is 173 Å². The zero-order valence-corrected chi connectivity index (χ0v) is 49.8. The van der Waals surface area contributed by atoms with Crippen LogP contribution in [0.15, 0.2) is 188 Å². The number of rotatable bonds is 8. The predicted octanol–water partition coefficient (Wildman–Crippen LogP) is 14.9. The third-order valence-electron chi connectivity index (χ3n) is 13.9. The molecule has 2 saturated carbocycles. The number of nitrogens with zero attached hydrogens (tertiary/aromatic N) is 1. The lowest BCUT2D eigenvalue weighted by atomic mass is 9.71. The highest BCUT2D eigenvalue weighted by atomic mass is 19.4. The second-order valence-corrected chi connectivity index (χ2v) is 20.5. The van der Waals surface area contributed by atoms with Crippen LogP contribution in [0.5, 0.6) is 5.75 Å². The summed E-state index contributed by atoms with van der Waals surface area (Å²) < 4.78 is 125. The normalized spacial score (nSPS) is 15.5. The van der Waals surface area contributed by atoms with Gasteiger partial charge in [0.25, 0.3) is 0 Å². The van der Waals surface area contributed by atoms with Crippen LogP contribution in [-0.2, 0) is 51.6 Å². The van der Waals surface area contributed by atoms with Gasteiger partial charge in [0, 0.05) is 64.8 Å². The molecule has 3 heterocycles. The minimum atomic E-state index is -4.81. The molecule has 0 amide bonds. The Balaban J connectivity index is 0.000000264. The summed E-state index contributed by atoms with van der Waals surface area (Å²) in [7, 11) is 0. The number of halogens is 10. The van der Waals surface area contributed by atoms with E-state index < -0.39 is 29.8 Å². The highest BCUT2D eigenvalue weighted by molar-refractivity contribution is 5.63. The van der Waals surface area contributed by atoms with Crippen molar-refractivity contribution in [2.45, 2.75) is 122 Å². The molecule has 1 saturated heterocycles. The molecule has 88 heavy (non-hydrogen) atoms. The zero-order chi connectivity index (χ0) is 64.5. The molecule has 10 nitrogen and oxygen atoms in total. The molecule has 0 unspecified atom stereocenters. The highest BCUT2D eigenvalue weighted by Gasteiger charge is 2.37. The minimum Gasteiger partial charge on any atom is -0.406 e. The Morgan fingerprint density at radius 2 is 0.795 bits per heavy atom. The maximum Gasteiger partial charge on any atom is 0.573 e. The Bertz CT molecular complexity index is 2780. The number of fused-ring (bicyclic) bond motifs is 1. The van der Waals surface area contributed by atoms with E-state index in [0.717, 1.165) is 41.6 Å². The first-order valence-electron chi connectivity index (χ1n) is 29.4. The molecule has 4 aliphatic rings. The first-order chi connectivity index (χ1) is 42.2. The third kappa shape index (κ3) is 33.4. The molecular weight excluding hydrogens is 1150 g/mol. The molecule has 480 valence electrons. The van der Waals surface area contributed by atoms with E-state index in [4.69, 9.17) is 34.4 Å². The van der Waals surface area contributed by atoms with Crippen LogP contribution in [0.2, 0.25) is 0 Å². The molecule has 0 spiro atoms. The van der Waals surface area contributed by atoms with Gasteiger partial charge < -0.3 is 49.8 Å². The van der Waals surface area contributed by atoms with Gasteiger partial charge in [0.2, 0.25) is 0 Å². The van der Waals surface area contributed by atoms with Crippen LogP contribution in [0.4, 0.5) is 43.9 Å².